The minimum Gasteiger partial charge on any atom is -0.353 e. The summed E-state index contributed by atoms with van der Waals surface area (Å²) in [5.41, 5.74) is 1.31. The molecular weight excluding hydrogens is 330 g/mol. The van der Waals surface area contributed by atoms with Gasteiger partial charge < -0.3 is 15.5 Å². The van der Waals surface area contributed by atoms with E-state index < -0.39 is 0 Å². The van der Waals surface area contributed by atoms with Crippen LogP contribution >= 0.6 is 0 Å². The predicted octanol–water partition coefficient (Wildman–Crippen LogP) is 1.69. The van der Waals surface area contributed by atoms with E-state index in [1.807, 2.05) is 17.0 Å². The monoisotopic (exact) mass is 351 g/mol. The van der Waals surface area contributed by atoms with Crippen LogP contribution in [0.1, 0.15) is 23.7 Å². The van der Waals surface area contributed by atoms with Gasteiger partial charge in [0.1, 0.15) is 0 Å². The van der Waals surface area contributed by atoms with Crippen molar-refractivity contribution in [2.75, 3.05) is 23.3 Å². The fraction of sp³-hybridized carbons (Fsp3) is 0.368. The minimum absolute atomic E-state index is 0.0193. The number of benzene rings is 1. The SMILES string of the molecule is CC1CC1NC(=O)c1ccc(NC(=O)C2CN(c3cccnn3)C2)cc1. The Labute approximate surface area is 151 Å². The molecule has 134 valence electrons. The zero-order chi connectivity index (χ0) is 18.1. The zero-order valence-electron chi connectivity index (χ0n) is 14.6. The molecule has 2 amide bonds. The average molecular weight is 351 g/mol. The Hall–Kier alpha value is -2.96. The van der Waals surface area contributed by atoms with Crippen LogP contribution in [0, 0.1) is 11.8 Å². The maximum absolute atomic E-state index is 12.3. The molecule has 26 heavy (non-hydrogen) atoms. The number of carbonyl (C=O) groups excluding carboxylic acids is 2. The topological polar surface area (TPSA) is 87.2 Å². The number of nitrogens with zero attached hydrogens (tertiary/aromatic N) is 3. The van der Waals surface area contributed by atoms with Crippen LogP contribution in [0.25, 0.3) is 0 Å². The van der Waals surface area contributed by atoms with Crippen molar-refractivity contribution in [2.45, 2.75) is 19.4 Å². The Morgan fingerprint density at radius 3 is 2.50 bits per heavy atom. The van der Waals surface area contributed by atoms with E-state index in [2.05, 4.69) is 27.8 Å². The van der Waals surface area contributed by atoms with Crippen LogP contribution in [0.4, 0.5) is 11.5 Å². The molecule has 2 aliphatic rings. The highest BCUT2D eigenvalue weighted by Gasteiger charge is 2.34. The average Bonchev–Trinajstić information content (AvgIpc) is 3.29. The molecule has 2 aromatic rings. The number of hydrogen-bond donors (Lipinski definition) is 2. The molecule has 1 aromatic carbocycles. The van der Waals surface area contributed by atoms with Gasteiger partial charge in [-0.2, -0.15) is 5.10 Å². The van der Waals surface area contributed by atoms with Gasteiger partial charge in [0.15, 0.2) is 5.82 Å². The summed E-state index contributed by atoms with van der Waals surface area (Å²) in [6, 6.07) is 11.0. The van der Waals surface area contributed by atoms with Crippen LogP contribution in [-0.2, 0) is 4.79 Å². The van der Waals surface area contributed by atoms with E-state index in [4.69, 9.17) is 0 Å². The third-order valence-electron chi connectivity index (χ3n) is 4.98. The molecule has 0 spiro atoms. The van der Waals surface area contributed by atoms with Gasteiger partial charge in [-0.15, -0.1) is 5.10 Å². The molecule has 2 atom stereocenters. The zero-order valence-corrected chi connectivity index (χ0v) is 14.6. The third kappa shape index (κ3) is 3.51. The molecular formula is C19H21N5O2. The first-order valence-electron chi connectivity index (χ1n) is 8.84. The van der Waals surface area contributed by atoms with Crippen LogP contribution in [0.15, 0.2) is 42.6 Å². The summed E-state index contributed by atoms with van der Waals surface area (Å²) in [5.74, 6) is 1.21. The number of carbonyl (C=O) groups is 2. The van der Waals surface area contributed by atoms with E-state index in [1.54, 1.807) is 30.5 Å². The van der Waals surface area contributed by atoms with E-state index in [0.717, 1.165) is 12.2 Å². The van der Waals surface area contributed by atoms with Gasteiger partial charge in [0.2, 0.25) is 5.91 Å². The van der Waals surface area contributed by atoms with Gasteiger partial charge in [0.25, 0.3) is 5.91 Å². The molecule has 1 saturated carbocycles. The highest BCUT2D eigenvalue weighted by molar-refractivity contribution is 5.97. The summed E-state index contributed by atoms with van der Waals surface area (Å²) in [6.45, 7) is 3.38. The molecule has 1 aromatic heterocycles. The molecule has 7 nitrogen and oxygen atoms in total. The molecule has 0 bridgehead atoms. The molecule has 1 aliphatic heterocycles. The lowest BCUT2D eigenvalue weighted by atomic mass is 9.99. The van der Waals surface area contributed by atoms with E-state index in [9.17, 15) is 9.59 Å². The quantitative estimate of drug-likeness (QED) is 0.856. The summed E-state index contributed by atoms with van der Waals surface area (Å²) in [7, 11) is 0. The molecule has 1 saturated heterocycles. The summed E-state index contributed by atoms with van der Waals surface area (Å²) in [4.78, 5) is 26.4. The van der Waals surface area contributed by atoms with Crippen molar-refractivity contribution in [1.82, 2.24) is 15.5 Å². The van der Waals surface area contributed by atoms with Crippen molar-refractivity contribution >= 4 is 23.3 Å². The Kier molecular flexibility index (Phi) is 4.28. The highest BCUT2D eigenvalue weighted by Crippen LogP contribution is 2.29. The van der Waals surface area contributed by atoms with Gasteiger partial charge >= 0.3 is 0 Å². The first kappa shape index (κ1) is 16.5. The van der Waals surface area contributed by atoms with Crippen LogP contribution in [-0.4, -0.2) is 41.1 Å². The second-order valence-electron chi connectivity index (χ2n) is 7.04. The van der Waals surface area contributed by atoms with Gasteiger partial charge in [-0.3, -0.25) is 9.59 Å². The summed E-state index contributed by atoms with van der Waals surface area (Å²) >= 11 is 0. The Balaban J connectivity index is 1.28. The lowest BCUT2D eigenvalue weighted by molar-refractivity contribution is -0.120. The predicted molar refractivity (Wildman–Crippen MR) is 97.8 cm³/mol. The molecule has 0 radical (unpaired) electrons. The van der Waals surface area contributed by atoms with Gasteiger partial charge in [-0.1, -0.05) is 6.92 Å². The number of nitrogens with one attached hydrogen (secondary N) is 2. The first-order valence-corrected chi connectivity index (χ1v) is 8.84. The Bertz CT molecular complexity index is 802. The van der Waals surface area contributed by atoms with Gasteiger partial charge in [0, 0.05) is 36.6 Å². The normalized spacial score (nSPS) is 21.7. The van der Waals surface area contributed by atoms with Crippen molar-refractivity contribution in [3.8, 4) is 0 Å². The Morgan fingerprint density at radius 1 is 1.15 bits per heavy atom. The number of amides is 2. The molecule has 7 heteroatoms. The van der Waals surface area contributed by atoms with E-state index in [1.165, 1.54) is 0 Å². The van der Waals surface area contributed by atoms with E-state index in [-0.39, 0.29) is 17.7 Å². The van der Waals surface area contributed by atoms with Crippen LogP contribution in [0.5, 0.6) is 0 Å². The summed E-state index contributed by atoms with van der Waals surface area (Å²) in [5, 5.41) is 13.8. The maximum Gasteiger partial charge on any atom is 0.251 e. The fourth-order valence-electron chi connectivity index (χ4n) is 3.02. The molecule has 2 heterocycles. The summed E-state index contributed by atoms with van der Waals surface area (Å²) < 4.78 is 0. The van der Waals surface area contributed by atoms with Gasteiger partial charge in [0.05, 0.1) is 5.92 Å². The lowest BCUT2D eigenvalue weighted by Gasteiger charge is -2.38. The Morgan fingerprint density at radius 2 is 1.88 bits per heavy atom. The number of rotatable bonds is 5. The van der Waals surface area contributed by atoms with Gasteiger partial charge in [-0.05, 0) is 48.7 Å². The van der Waals surface area contributed by atoms with Crippen molar-refractivity contribution in [2.24, 2.45) is 11.8 Å². The van der Waals surface area contributed by atoms with Crippen molar-refractivity contribution in [3.05, 3.63) is 48.2 Å². The molecule has 1 aliphatic carbocycles. The van der Waals surface area contributed by atoms with Crippen molar-refractivity contribution in [3.63, 3.8) is 0 Å². The van der Waals surface area contributed by atoms with E-state index in [0.29, 0.717) is 36.3 Å². The maximum atomic E-state index is 12.3. The highest BCUT2D eigenvalue weighted by atomic mass is 16.2. The fourth-order valence-corrected chi connectivity index (χ4v) is 3.02. The largest absolute Gasteiger partial charge is 0.353 e. The third-order valence-corrected chi connectivity index (χ3v) is 4.98. The summed E-state index contributed by atoms with van der Waals surface area (Å²) in [6.07, 6.45) is 2.68. The second-order valence-corrected chi connectivity index (χ2v) is 7.04. The first-order chi connectivity index (χ1) is 12.6. The van der Waals surface area contributed by atoms with Gasteiger partial charge in [-0.25, -0.2) is 0 Å². The smallest absolute Gasteiger partial charge is 0.251 e. The lowest BCUT2D eigenvalue weighted by Crippen LogP contribution is -2.52. The molecule has 2 N–H and O–H groups in total. The number of anilines is 2. The minimum atomic E-state index is -0.0728. The van der Waals surface area contributed by atoms with Crippen molar-refractivity contribution < 1.29 is 9.59 Å². The second kappa shape index (κ2) is 6.74. The number of hydrogen-bond acceptors (Lipinski definition) is 5. The van der Waals surface area contributed by atoms with Crippen molar-refractivity contribution in [1.29, 1.82) is 0 Å². The van der Waals surface area contributed by atoms with Crippen LogP contribution < -0.4 is 15.5 Å². The van der Waals surface area contributed by atoms with E-state index >= 15 is 0 Å². The van der Waals surface area contributed by atoms with Crippen LogP contribution in [0.3, 0.4) is 0 Å². The molecule has 2 unspecified atom stereocenters. The molecule has 2 fully saturated rings. The van der Waals surface area contributed by atoms with Crippen LogP contribution in [0.2, 0.25) is 0 Å². The molecule has 4 rings (SSSR count). The standard InChI is InChI=1S/C19H21N5O2/c1-12-9-16(12)22-18(25)13-4-6-15(7-5-13)21-19(26)14-10-24(11-14)17-3-2-8-20-23-17/h2-8,12,14,16H,9-11H2,1H3,(H,21,26)(H,22,25). The number of aromatic nitrogens is 2.